The Morgan fingerprint density at radius 2 is 1.75 bits per heavy atom. The highest BCUT2D eigenvalue weighted by Gasteiger charge is 2.50. The van der Waals surface area contributed by atoms with Crippen molar-refractivity contribution in [2.45, 2.75) is 38.8 Å². The van der Waals surface area contributed by atoms with E-state index in [0.29, 0.717) is 16.7 Å². The largest absolute Gasteiger partial charge is 0.508 e. The molecule has 32 heavy (non-hydrogen) atoms. The second-order valence-electron chi connectivity index (χ2n) is 9.04. The van der Waals surface area contributed by atoms with Gasteiger partial charge in [-0.3, -0.25) is 0 Å². The summed E-state index contributed by atoms with van der Waals surface area (Å²) in [6.07, 6.45) is 1.71. The van der Waals surface area contributed by atoms with Crippen molar-refractivity contribution in [3.8, 4) is 22.7 Å². The number of aromatic hydroxyl groups is 1. The zero-order chi connectivity index (χ0) is 22.8. The van der Waals surface area contributed by atoms with Gasteiger partial charge in [0.2, 0.25) is 0 Å². The summed E-state index contributed by atoms with van der Waals surface area (Å²) in [7, 11) is 1.69. The molecule has 0 bridgehead atoms. The lowest BCUT2D eigenvalue weighted by molar-refractivity contribution is -0.241. The second-order valence-corrected chi connectivity index (χ2v) is 9.04. The summed E-state index contributed by atoms with van der Waals surface area (Å²) in [4.78, 5) is 18.2. The topological polar surface area (TPSA) is 93.6 Å². The Hall–Kier alpha value is -3.49. The van der Waals surface area contributed by atoms with Gasteiger partial charge in [-0.15, -0.1) is 5.10 Å². The second kappa shape index (κ2) is 6.75. The average Bonchev–Trinajstić information content (AvgIpc) is 3.27. The molecule has 3 heterocycles. The van der Waals surface area contributed by atoms with Crippen LogP contribution in [0.2, 0.25) is 0 Å². The number of phenols is 1. The number of phenolic OH excluding ortho intramolecular Hbond substituents is 1. The van der Waals surface area contributed by atoms with Crippen molar-refractivity contribution in [2.75, 3.05) is 7.11 Å². The molecule has 0 atom stereocenters. The van der Waals surface area contributed by atoms with Crippen molar-refractivity contribution in [1.29, 1.82) is 0 Å². The van der Waals surface area contributed by atoms with Gasteiger partial charge >= 0.3 is 5.63 Å². The molecule has 0 unspecified atom stereocenters. The van der Waals surface area contributed by atoms with Crippen LogP contribution in [0, 0.1) is 0 Å². The standard InChI is InChI=1S/C24H24N4O4/c1-23(2)17-9-7-14(10-18(17)24(3,4)28(23)31-5)19-13-27(26-25-19)20-11-15-6-8-16(29)12-21(15)32-22(20)30/h6-13,29H,1-5H3. The van der Waals surface area contributed by atoms with Crippen molar-refractivity contribution in [1.82, 2.24) is 20.1 Å². The molecule has 1 aliphatic heterocycles. The van der Waals surface area contributed by atoms with E-state index in [1.165, 1.54) is 22.4 Å². The minimum absolute atomic E-state index is 0.0335. The first-order valence-corrected chi connectivity index (χ1v) is 10.3. The maximum atomic E-state index is 12.5. The highest BCUT2D eigenvalue weighted by atomic mass is 16.7. The molecule has 0 radical (unpaired) electrons. The van der Waals surface area contributed by atoms with Crippen LogP contribution in [0.15, 0.2) is 57.9 Å². The van der Waals surface area contributed by atoms with Crippen LogP contribution in [0.25, 0.3) is 27.9 Å². The van der Waals surface area contributed by atoms with E-state index in [1.54, 1.807) is 25.4 Å². The maximum Gasteiger partial charge on any atom is 0.362 e. The maximum absolute atomic E-state index is 12.5. The molecule has 2 aromatic heterocycles. The molecule has 0 saturated heterocycles. The van der Waals surface area contributed by atoms with Crippen LogP contribution in [0.1, 0.15) is 38.8 Å². The summed E-state index contributed by atoms with van der Waals surface area (Å²) in [5.74, 6) is 0.0335. The molecule has 0 fully saturated rings. The SMILES string of the molecule is CON1C(C)(C)c2ccc(-c3cn(-c4cc5ccc(O)cc5oc4=O)nn3)cc2C1(C)C. The fraction of sp³-hybridized carbons (Fsp3) is 0.292. The molecule has 4 aromatic rings. The Kier molecular flexibility index (Phi) is 4.31. The Morgan fingerprint density at radius 1 is 1.00 bits per heavy atom. The van der Waals surface area contributed by atoms with Gasteiger partial charge in [-0.1, -0.05) is 17.3 Å². The normalized spacial score (nSPS) is 17.0. The van der Waals surface area contributed by atoms with Gasteiger partial charge in [-0.25, -0.2) is 9.48 Å². The molecule has 0 saturated carbocycles. The summed E-state index contributed by atoms with van der Waals surface area (Å²) in [6.45, 7) is 8.53. The van der Waals surface area contributed by atoms with E-state index in [9.17, 15) is 9.90 Å². The molecular formula is C24H24N4O4. The summed E-state index contributed by atoms with van der Waals surface area (Å²) in [5.41, 5.74) is 3.27. The highest BCUT2D eigenvalue weighted by molar-refractivity contribution is 5.79. The lowest BCUT2D eigenvalue weighted by atomic mass is 9.89. The molecule has 0 amide bonds. The molecule has 1 aliphatic rings. The van der Waals surface area contributed by atoms with E-state index in [1.807, 2.05) is 11.1 Å². The zero-order valence-electron chi connectivity index (χ0n) is 18.6. The van der Waals surface area contributed by atoms with Gasteiger partial charge in [0.15, 0.2) is 5.69 Å². The van der Waals surface area contributed by atoms with E-state index in [2.05, 4.69) is 50.1 Å². The Morgan fingerprint density at radius 3 is 2.50 bits per heavy atom. The van der Waals surface area contributed by atoms with Crippen LogP contribution in [-0.4, -0.2) is 32.3 Å². The number of nitrogens with zero attached hydrogens (tertiary/aromatic N) is 4. The van der Waals surface area contributed by atoms with Gasteiger partial charge in [0.25, 0.3) is 0 Å². The van der Waals surface area contributed by atoms with Gasteiger partial charge in [-0.2, -0.15) is 5.06 Å². The van der Waals surface area contributed by atoms with Crippen molar-refractivity contribution in [3.05, 3.63) is 70.2 Å². The zero-order valence-corrected chi connectivity index (χ0v) is 18.6. The third-order valence-corrected chi connectivity index (χ3v) is 6.27. The quantitative estimate of drug-likeness (QED) is 0.487. The average molecular weight is 432 g/mol. The fourth-order valence-corrected chi connectivity index (χ4v) is 4.88. The molecule has 0 spiro atoms. The van der Waals surface area contributed by atoms with Crippen molar-refractivity contribution in [2.24, 2.45) is 0 Å². The number of benzene rings is 2. The van der Waals surface area contributed by atoms with Crippen LogP contribution in [0.3, 0.4) is 0 Å². The molecule has 8 nitrogen and oxygen atoms in total. The van der Waals surface area contributed by atoms with Gasteiger partial charge in [0.05, 0.1) is 24.4 Å². The van der Waals surface area contributed by atoms with Gasteiger partial charge in [0.1, 0.15) is 17.0 Å². The molecule has 8 heteroatoms. The van der Waals surface area contributed by atoms with Crippen LogP contribution in [-0.2, 0) is 15.9 Å². The number of rotatable bonds is 3. The predicted octanol–water partition coefficient (Wildman–Crippen LogP) is 4.09. The Balaban J connectivity index is 1.57. The van der Waals surface area contributed by atoms with Gasteiger partial charge < -0.3 is 14.4 Å². The summed E-state index contributed by atoms with van der Waals surface area (Å²) in [5, 5.41) is 20.7. The van der Waals surface area contributed by atoms with Gasteiger partial charge in [0, 0.05) is 17.0 Å². The first-order chi connectivity index (χ1) is 15.1. The molecule has 164 valence electrons. The molecular weight excluding hydrogens is 408 g/mol. The first kappa shape index (κ1) is 20.4. The monoisotopic (exact) mass is 432 g/mol. The molecule has 1 N–H and O–H groups in total. The fourth-order valence-electron chi connectivity index (χ4n) is 4.88. The number of hydrogen-bond donors (Lipinski definition) is 1. The number of fused-ring (bicyclic) bond motifs is 2. The van der Waals surface area contributed by atoms with Crippen LogP contribution in [0.5, 0.6) is 5.75 Å². The summed E-state index contributed by atoms with van der Waals surface area (Å²) < 4.78 is 6.77. The summed E-state index contributed by atoms with van der Waals surface area (Å²) >= 11 is 0. The number of hydroxylamine groups is 2. The van der Waals surface area contributed by atoms with Crippen LogP contribution in [0.4, 0.5) is 0 Å². The molecule has 2 aromatic carbocycles. The first-order valence-electron chi connectivity index (χ1n) is 10.3. The third kappa shape index (κ3) is 2.87. The third-order valence-electron chi connectivity index (χ3n) is 6.27. The minimum atomic E-state index is -0.563. The van der Waals surface area contributed by atoms with Crippen LogP contribution < -0.4 is 5.63 Å². The lowest BCUT2D eigenvalue weighted by Crippen LogP contribution is -2.44. The summed E-state index contributed by atoms with van der Waals surface area (Å²) in [6, 6.07) is 12.5. The number of aromatic nitrogens is 3. The van der Waals surface area contributed by atoms with E-state index in [0.717, 1.165) is 11.1 Å². The van der Waals surface area contributed by atoms with E-state index in [-0.39, 0.29) is 22.5 Å². The lowest BCUT2D eigenvalue weighted by Gasteiger charge is -2.38. The van der Waals surface area contributed by atoms with Crippen molar-refractivity contribution < 1.29 is 14.4 Å². The van der Waals surface area contributed by atoms with E-state index >= 15 is 0 Å². The smallest absolute Gasteiger partial charge is 0.362 e. The van der Waals surface area contributed by atoms with Gasteiger partial charge in [-0.05, 0) is 63.1 Å². The minimum Gasteiger partial charge on any atom is -0.508 e. The van der Waals surface area contributed by atoms with Crippen molar-refractivity contribution >= 4 is 11.0 Å². The van der Waals surface area contributed by atoms with Crippen LogP contribution >= 0.6 is 0 Å². The molecule has 5 rings (SSSR count). The predicted molar refractivity (Wildman–Crippen MR) is 119 cm³/mol. The van der Waals surface area contributed by atoms with Crippen molar-refractivity contribution in [3.63, 3.8) is 0 Å². The van der Waals surface area contributed by atoms with E-state index < -0.39 is 5.63 Å². The highest BCUT2D eigenvalue weighted by Crippen LogP contribution is 2.50. The molecule has 0 aliphatic carbocycles. The van der Waals surface area contributed by atoms with E-state index in [4.69, 9.17) is 9.25 Å². The Labute approximate surface area is 184 Å². The Bertz CT molecular complexity index is 1420. The number of hydrogen-bond acceptors (Lipinski definition) is 7.